The Bertz CT molecular complexity index is 376. The lowest BCUT2D eigenvalue weighted by Crippen LogP contribution is -2.10. The number of thioether (sulfide) groups is 1. The standard InChI is InChI=1S/C10H15N3OS2/c1-4-5-8(14)11-9-12-13-10(16-9)15-6-7(2)3/h2,4-6H2,1,3H3,(H,11,12,14). The maximum atomic E-state index is 11.3. The third-order valence-electron chi connectivity index (χ3n) is 1.57. The molecule has 0 radical (unpaired) electrons. The molecule has 0 saturated heterocycles. The van der Waals surface area contributed by atoms with Crippen molar-refractivity contribution in [2.45, 2.75) is 31.0 Å². The fraction of sp³-hybridized carbons (Fsp3) is 0.500. The van der Waals surface area contributed by atoms with E-state index in [1.807, 2.05) is 13.8 Å². The Balaban J connectivity index is 2.45. The van der Waals surface area contributed by atoms with Gasteiger partial charge in [-0.1, -0.05) is 42.2 Å². The van der Waals surface area contributed by atoms with Crippen molar-refractivity contribution in [3.63, 3.8) is 0 Å². The van der Waals surface area contributed by atoms with Crippen LogP contribution in [0.4, 0.5) is 5.13 Å². The number of anilines is 1. The molecule has 0 aromatic carbocycles. The van der Waals surface area contributed by atoms with Gasteiger partial charge in [-0.2, -0.15) is 0 Å². The summed E-state index contributed by atoms with van der Waals surface area (Å²) in [5.41, 5.74) is 1.09. The van der Waals surface area contributed by atoms with Gasteiger partial charge >= 0.3 is 0 Å². The van der Waals surface area contributed by atoms with Crippen LogP contribution >= 0.6 is 23.1 Å². The third kappa shape index (κ3) is 4.76. The van der Waals surface area contributed by atoms with E-state index in [-0.39, 0.29) is 5.91 Å². The smallest absolute Gasteiger partial charge is 0.226 e. The van der Waals surface area contributed by atoms with E-state index >= 15 is 0 Å². The summed E-state index contributed by atoms with van der Waals surface area (Å²) in [4.78, 5) is 11.3. The van der Waals surface area contributed by atoms with Gasteiger partial charge in [0.15, 0.2) is 4.34 Å². The zero-order valence-corrected chi connectivity index (χ0v) is 11.1. The average molecular weight is 257 g/mol. The highest BCUT2D eigenvalue weighted by molar-refractivity contribution is 8.01. The Hall–Kier alpha value is -0.880. The van der Waals surface area contributed by atoms with E-state index in [4.69, 9.17) is 0 Å². The second kappa shape index (κ2) is 6.65. The van der Waals surface area contributed by atoms with Crippen molar-refractivity contribution in [3.8, 4) is 0 Å². The molecule has 0 spiro atoms. The van der Waals surface area contributed by atoms with Gasteiger partial charge in [-0.15, -0.1) is 10.2 Å². The lowest BCUT2D eigenvalue weighted by atomic mass is 10.3. The fourth-order valence-electron chi connectivity index (χ4n) is 0.912. The molecule has 0 fully saturated rings. The van der Waals surface area contributed by atoms with Gasteiger partial charge in [0.1, 0.15) is 0 Å². The third-order valence-corrected chi connectivity index (χ3v) is 3.77. The zero-order valence-electron chi connectivity index (χ0n) is 9.45. The fourth-order valence-corrected chi connectivity index (χ4v) is 2.52. The van der Waals surface area contributed by atoms with Crippen LogP contribution in [-0.4, -0.2) is 21.9 Å². The van der Waals surface area contributed by atoms with Gasteiger partial charge in [-0.25, -0.2) is 0 Å². The number of aromatic nitrogens is 2. The van der Waals surface area contributed by atoms with Crippen molar-refractivity contribution in [3.05, 3.63) is 12.2 Å². The monoisotopic (exact) mass is 257 g/mol. The summed E-state index contributed by atoms with van der Waals surface area (Å²) in [7, 11) is 0. The number of hydrogen-bond acceptors (Lipinski definition) is 5. The predicted octanol–water partition coefficient (Wildman–Crippen LogP) is 2.94. The molecule has 4 nitrogen and oxygen atoms in total. The quantitative estimate of drug-likeness (QED) is 0.483. The number of hydrogen-bond donors (Lipinski definition) is 1. The van der Waals surface area contributed by atoms with Crippen molar-refractivity contribution < 1.29 is 4.79 Å². The SMILES string of the molecule is C=C(C)CSc1nnc(NC(=O)CCC)s1. The van der Waals surface area contributed by atoms with Crippen LogP contribution in [0.3, 0.4) is 0 Å². The zero-order chi connectivity index (χ0) is 12.0. The van der Waals surface area contributed by atoms with Crippen molar-refractivity contribution in [1.29, 1.82) is 0 Å². The van der Waals surface area contributed by atoms with Crippen LogP contribution in [0, 0.1) is 0 Å². The average Bonchev–Trinajstić information content (AvgIpc) is 2.63. The molecule has 1 rings (SSSR count). The minimum Gasteiger partial charge on any atom is -0.301 e. The highest BCUT2D eigenvalue weighted by Gasteiger charge is 2.07. The lowest BCUT2D eigenvalue weighted by Gasteiger charge is -1.97. The predicted molar refractivity (Wildman–Crippen MR) is 69.0 cm³/mol. The number of rotatable bonds is 6. The van der Waals surface area contributed by atoms with Crippen LogP contribution < -0.4 is 5.32 Å². The van der Waals surface area contributed by atoms with Gasteiger partial charge in [0.05, 0.1) is 0 Å². The van der Waals surface area contributed by atoms with Gasteiger partial charge in [0.25, 0.3) is 0 Å². The molecule has 88 valence electrons. The first kappa shape index (κ1) is 13.2. The summed E-state index contributed by atoms with van der Waals surface area (Å²) in [6.07, 6.45) is 1.36. The van der Waals surface area contributed by atoms with Gasteiger partial charge in [0.2, 0.25) is 11.0 Å². The Kier molecular flexibility index (Phi) is 5.48. The Morgan fingerprint density at radius 1 is 1.56 bits per heavy atom. The lowest BCUT2D eigenvalue weighted by molar-refractivity contribution is -0.116. The number of carbonyl (C=O) groups excluding carboxylic acids is 1. The molecule has 1 heterocycles. The molecule has 1 amide bonds. The van der Waals surface area contributed by atoms with Gasteiger partial charge in [0, 0.05) is 12.2 Å². The van der Waals surface area contributed by atoms with Crippen LogP contribution in [0.5, 0.6) is 0 Å². The molecule has 0 saturated carbocycles. The summed E-state index contributed by atoms with van der Waals surface area (Å²) in [5, 5.41) is 11.2. The second-order valence-corrected chi connectivity index (χ2v) is 5.62. The molecule has 1 aromatic rings. The van der Waals surface area contributed by atoms with Crippen LogP contribution in [0.25, 0.3) is 0 Å². The summed E-state index contributed by atoms with van der Waals surface area (Å²) >= 11 is 2.98. The van der Waals surface area contributed by atoms with E-state index in [9.17, 15) is 4.79 Å². The first-order valence-electron chi connectivity index (χ1n) is 5.02. The number of nitrogens with zero attached hydrogens (tertiary/aromatic N) is 2. The van der Waals surface area contributed by atoms with E-state index in [0.717, 1.165) is 22.1 Å². The van der Waals surface area contributed by atoms with Crippen LogP contribution in [-0.2, 0) is 4.79 Å². The van der Waals surface area contributed by atoms with Crippen molar-refractivity contribution in [1.82, 2.24) is 10.2 Å². The van der Waals surface area contributed by atoms with Crippen LogP contribution in [0.1, 0.15) is 26.7 Å². The molecule has 6 heteroatoms. The minimum atomic E-state index is -0.00454. The molecule has 0 unspecified atom stereocenters. The number of nitrogens with one attached hydrogen (secondary N) is 1. The molecular formula is C10H15N3OS2. The summed E-state index contributed by atoms with van der Waals surface area (Å²) < 4.78 is 0.856. The first-order chi connectivity index (χ1) is 7.61. The molecule has 0 aliphatic heterocycles. The topological polar surface area (TPSA) is 54.9 Å². The molecule has 0 bridgehead atoms. The Labute approximate surface area is 104 Å². The molecule has 0 atom stereocenters. The van der Waals surface area contributed by atoms with E-state index < -0.39 is 0 Å². The molecule has 1 N–H and O–H groups in total. The molecule has 0 aliphatic carbocycles. The maximum absolute atomic E-state index is 11.3. The van der Waals surface area contributed by atoms with Gasteiger partial charge < -0.3 is 5.32 Å². The first-order valence-corrected chi connectivity index (χ1v) is 6.82. The van der Waals surface area contributed by atoms with Crippen molar-refractivity contribution in [2.75, 3.05) is 11.1 Å². The summed E-state index contributed by atoms with van der Waals surface area (Å²) in [5.74, 6) is 0.826. The Morgan fingerprint density at radius 2 is 2.31 bits per heavy atom. The summed E-state index contributed by atoms with van der Waals surface area (Å²) in [6.45, 7) is 7.75. The minimum absolute atomic E-state index is 0.00454. The second-order valence-electron chi connectivity index (χ2n) is 3.42. The van der Waals surface area contributed by atoms with E-state index in [1.165, 1.54) is 11.3 Å². The molecular weight excluding hydrogens is 242 g/mol. The van der Waals surface area contributed by atoms with Gasteiger partial charge in [-0.3, -0.25) is 4.79 Å². The van der Waals surface area contributed by atoms with E-state index in [0.29, 0.717) is 11.6 Å². The van der Waals surface area contributed by atoms with Crippen molar-refractivity contribution in [2.24, 2.45) is 0 Å². The molecule has 1 aromatic heterocycles. The maximum Gasteiger partial charge on any atom is 0.226 e. The summed E-state index contributed by atoms with van der Waals surface area (Å²) in [6, 6.07) is 0. The van der Waals surface area contributed by atoms with E-state index in [1.54, 1.807) is 11.8 Å². The molecule has 0 aliphatic rings. The highest BCUT2D eigenvalue weighted by Crippen LogP contribution is 2.26. The van der Waals surface area contributed by atoms with Gasteiger partial charge in [-0.05, 0) is 13.3 Å². The highest BCUT2D eigenvalue weighted by atomic mass is 32.2. The largest absolute Gasteiger partial charge is 0.301 e. The Morgan fingerprint density at radius 3 is 2.94 bits per heavy atom. The molecule has 16 heavy (non-hydrogen) atoms. The normalized spacial score (nSPS) is 10.1. The van der Waals surface area contributed by atoms with E-state index in [2.05, 4.69) is 22.1 Å². The van der Waals surface area contributed by atoms with Crippen LogP contribution in [0.15, 0.2) is 16.5 Å². The number of carbonyl (C=O) groups is 1. The van der Waals surface area contributed by atoms with Crippen LogP contribution in [0.2, 0.25) is 0 Å². The number of amides is 1. The van der Waals surface area contributed by atoms with Crippen molar-refractivity contribution >= 4 is 34.1 Å².